The fraction of sp³-hybridized carbons (Fsp3) is 0.478. The third-order valence-electron chi connectivity index (χ3n) is 5.90. The van der Waals surface area contributed by atoms with E-state index in [1.165, 1.54) is 0 Å². The molecule has 2 aliphatic heterocycles. The van der Waals surface area contributed by atoms with E-state index >= 15 is 0 Å². The van der Waals surface area contributed by atoms with Crippen molar-refractivity contribution in [3.05, 3.63) is 59.2 Å². The topological polar surface area (TPSA) is 135 Å². The molecule has 0 spiro atoms. The first-order chi connectivity index (χ1) is 15.0. The van der Waals surface area contributed by atoms with Crippen LogP contribution in [0.1, 0.15) is 29.2 Å². The molecule has 0 amide bonds. The highest BCUT2D eigenvalue weighted by molar-refractivity contribution is 5.51. The van der Waals surface area contributed by atoms with Gasteiger partial charge in [0.2, 0.25) is 0 Å². The van der Waals surface area contributed by atoms with Crippen LogP contribution in [-0.2, 0) is 15.9 Å². The summed E-state index contributed by atoms with van der Waals surface area (Å²) in [6.45, 7) is 0.876. The Hall–Kier alpha value is -2.20. The molecule has 2 aromatic rings. The van der Waals surface area contributed by atoms with Crippen molar-refractivity contribution in [1.82, 2.24) is 0 Å². The molecule has 2 aromatic carbocycles. The van der Waals surface area contributed by atoms with Crippen LogP contribution in [0.25, 0.3) is 0 Å². The Labute approximate surface area is 180 Å². The zero-order valence-electron chi connectivity index (χ0n) is 17.1. The quantitative estimate of drug-likeness (QED) is 0.419. The van der Waals surface area contributed by atoms with Crippen molar-refractivity contribution < 1.29 is 34.6 Å². The number of aliphatic hydroxyl groups excluding tert-OH is 4. The van der Waals surface area contributed by atoms with Crippen LogP contribution in [-0.4, -0.2) is 70.8 Å². The molecule has 0 bridgehead atoms. The van der Waals surface area contributed by atoms with Gasteiger partial charge >= 0.3 is 0 Å². The predicted octanol–water partition coefficient (Wildman–Crippen LogP) is 0.542. The van der Waals surface area contributed by atoms with Gasteiger partial charge in [0.1, 0.15) is 42.4 Å². The molecule has 0 aliphatic carbocycles. The highest BCUT2D eigenvalue weighted by Crippen LogP contribution is 2.34. The molecule has 0 aromatic heterocycles. The van der Waals surface area contributed by atoms with E-state index in [1.54, 1.807) is 12.1 Å². The lowest BCUT2D eigenvalue weighted by Gasteiger charge is -2.40. The number of nitrogens with two attached hydrogens (primary N) is 1. The summed E-state index contributed by atoms with van der Waals surface area (Å²) >= 11 is 0. The number of nitrogen functional groups attached to an aromatic ring is 1. The molecule has 2 fully saturated rings. The maximum Gasteiger partial charge on any atom is 0.124 e. The molecule has 0 radical (unpaired) electrons. The number of hydrogen-bond donors (Lipinski definition) is 5. The minimum atomic E-state index is -1.42. The minimum Gasteiger partial charge on any atom is -0.488 e. The molecule has 2 aliphatic rings. The summed E-state index contributed by atoms with van der Waals surface area (Å²) < 4.78 is 16.9. The SMILES string of the molecule is Nc1ccc([C@@H]2OC(CO)[C@@H](O)[C@H](O)[C@H]2O)cc1Cc1ccc(O[C@H]2CCOC2)cc1. The molecule has 1 unspecified atom stereocenters. The molecule has 6 N–H and O–H groups in total. The average Bonchev–Trinajstić information content (AvgIpc) is 3.28. The molecule has 8 nitrogen and oxygen atoms in total. The van der Waals surface area contributed by atoms with Gasteiger partial charge in [0.05, 0.1) is 19.8 Å². The van der Waals surface area contributed by atoms with Crippen LogP contribution < -0.4 is 10.5 Å². The van der Waals surface area contributed by atoms with E-state index in [9.17, 15) is 20.4 Å². The predicted molar refractivity (Wildman–Crippen MR) is 113 cm³/mol. The van der Waals surface area contributed by atoms with Gasteiger partial charge in [-0.2, -0.15) is 0 Å². The van der Waals surface area contributed by atoms with E-state index in [-0.39, 0.29) is 6.10 Å². The molecule has 168 valence electrons. The summed E-state index contributed by atoms with van der Waals surface area (Å²) in [5.74, 6) is 0.794. The van der Waals surface area contributed by atoms with Gasteiger partial charge in [0.25, 0.3) is 0 Å². The van der Waals surface area contributed by atoms with Gasteiger partial charge in [-0.05, 0) is 41.3 Å². The lowest BCUT2D eigenvalue weighted by atomic mass is 9.89. The maximum absolute atomic E-state index is 10.4. The van der Waals surface area contributed by atoms with Gasteiger partial charge < -0.3 is 40.4 Å². The van der Waals surface area contributed by atoms with Gasteiger partial charge in [-0.15, -0.1) is 0 Å². The van der Waals surface area contributed by atoms with Crippen LogP contribution >= 0.6 is 0 Å². The molecule has 31 heavy (non-hydrogen) atoms. The molecular formula is C23H29NO7. The third kappa shape index (κ3) is 4.85. The van der Waals surface area contributed by atoms with Crippen molar-refractivity contribution in [2.75, 3.05) is 25.6 Å². The molecule has 8 heteroatoms. The van der Waals surface area contributed by atoms with Gasteiger partial charge in [-0.25, -0.2) is 0 Å². The fourth-order valence-corrected chi connectivity index (χ4v) is 4.04. The second-order valence-electron chi connectivity index (χ2n) is 8.13. The van der Waals surface area contributed by atoms with Crippen molar-refractivity contribution in [1.29, 1.82) is 0 Å². The number of hydrogen-bond acceptors (Lipinski definition) is 8. The summed E-state index contributed by atoms with van der Waals surface area (Å²) in [4.78, 5) is 0. The summed E-state index contributed by atoms with van der Waals surface area (Å²) in [5, 5.41) is 39.9. The molecular weight excluding hydrogens is 402 g/mol. The van der Waals surface area contributed by atoms with E-state index < -0.39 is 37.1 Å². The summed E-state index contributed by atoms with van der Waals surface area (Å²) in [5.41, 5.74) is 9.25. The van der Waals surface area contributed by atoms with E-state index in [0.717, 1.165) is 29.9 Å². The minimum absolute atomic E-state index is 0.0942. The molecule has 2 saturated heterocycles. The highest BCUT2D eigenvalue weighted by atomic mass is 16.5. The first-order valence-electron chi connectivity index (χ1n) is 10.5. The Morgan fingerprint density at radius 1 is 1.00 bits per heavy atom. The van der Waals surface area contributed by atoms with Crippen molar-refractivity contribution >= 4 is 5.69 Å². The van der Waals surface area contributed by atoms with Gasteiger partial charge in [0.15, 0.2) is 0 Å². The second-order valence-corrected chi connectivity index (χ2v) is 8.13. The number of rotatable bonds is 6. The van der Waals surface area contributed by atoms with Crippen LogP contribution in [0.4, 0.5) is 5.69 Å². The number of aliphatic hydroxyl groups is 4. The zero-order chi connectivity index (χ0) is 22.0. The molecule has 0 saturated carbocycles. The Morgan fingerprint density at radius 3 is 2.45 bits per heavy atom. The molecule has 6 atom stereocenters. The standard InChI is InChI=1S/C23H29NO7/c24-18-6-3-14(23-22(28)21(27)20(26)19(11-25)31-23)10-15(18)9-13-1-4-16(5-2-13)30-17-7-8-29-12-17/h1-6,10,17,19-23,25-28H,7-9,11-12,24H2/t17-,19?,20+,21-,22+,23-/m0/s1. The Balaban J connectivity index is 1.49. The summed E-state index contributed by atoms with van der Waals surface area (Å²) in [6.07, 6.45) is -4.44. The van der Waals surface area contributed by atoms with E-state index in [4.69, 9.17) is 19.9 Å². The first kappa shape index (κ1) is 22.0. The normalized spacial score (nSPS) is 31.0. The number of anilines is 1. The fourth-order valence-electron chi connectivity index (χ4n) is 4.04. The summed E-state index contributed by atoms with van der Waals surface area (Å²) in [7, 11) is 0. The van der Waals surface area contributed by atoms with Crippen LogP contribution in [0.3, 0.4) is 0 Å². The Morgan fingerprint density at radius 2 is 1.77 bits per heavy atom. The average molecular weight is 431 g/mol. The molecule has 2 heterocycles. The zero-order valence-corrected chi connectivity index (χ0v) is 17.1. The second kappa shape index (κ2) is 9.52. The van der Waals surface area contributed by atoms with Crippen LogP contribution in [0.2, 0.25) is 0 Å². The largest absolute Gasteiger partial charge is 0.488 e. The van der Waals surface area contributed by atoms with Crippen LogP contribution in [0, 0.1) is 0 Å². The Bertz CT molecular complexity index is 867. The maximum atomic E-state index is 10.4. The van der Waals surface area contributed by atoms with Crippen molar-refractivity contribution in [2.45, 2.75) is 49.5 Å². The van der Waals surface area contributed by atoms with Gasteiger partial charge in [0, 0.05) is 12.1 Å². The molecule has 4 rings (SSSR count). The Kier molecular flexibility index (Phi) is 6.76. The van der Waals surface area contributed by atoms with E-state index in [0.29, 0.717) is 24.3 Å². The number of benzene rings is 2. The van der Waals surface area contributed by atoms with Gasteiger partial charge in [-0.1, -0.05) is 24.3 Å². The third-order valence-corrected chi connectivity index (χ3v) is 5.90. The summed E-state index contributed by atoms with van der Waals surface area (Å²) in [6, 6.07) is 13.1. The van der Waals surface area contributed by atoms with E-state index in [1.807, 2.05) is 30.3 Å². The van der Waals surface area contributed by atoms with Crippen LogP contribution in [0.15, 0.2) is 42.5 Å². The van der Waals surface area contributed by atoms with Crippen LogP contribution in [0.5, 0.6) is 5.75 Å². The van der Waals surface area contributed by atoms with E-state index in [2.05, 4.69) is 0 Å². The van der Waals surface area contributed by atoms with Gasteiger partial charge in [-0.3, -0.25) is 0 Å². The smallest absolute Gasteiger partial charge is 0.124 e. The van der Waals surface area contributed by atoms with Crippen molar-refractivity contribution in [3.63, 3.8) is 0 Å². The van der Waals surface area contributed by atoms with Crippen molar-refractivity contribution in [2.24, 2.45) is 0 Å². The highest BCUT2D eigenvalue weighted by Gasteiger charge is 2.44. The first-order valence-corrected chi connectivity index (χ1v) is 10.5. The lowest BCUT2D eigenvalue weighted by molar-refractivity contribution is -0.231. The van der Waals surface area contributed by atoms with Crippen molar-refractivity contribution in [3.8, 4) is 5.75 Å². The monoisotopic (exact) mass is 431 g/mol. The number of ether oxygens (including phenoxy) is 3. The lowest BCUT2D eigenvalue weighted by Crippen LogP contribution is -2.55.